The number of nitrogens with one attached hydrogen (secondary N) is 1. The van der Waals surface area contributed by atoms with Crippen LogP contribution in [0.25, 0.3) is 0 Å². The molecule has 0 aliphatic carbocycles. The van der Waals surface area contributed by atoms with Crippen molar-refractivity contribution in [3.05, 3.63) is 35.9 Å². The van der Waals surface area contributed by atoms with E-state index in [0.717, 1.165) is 18.4 Å². The molecule has 0 radical (unpaired) electrons. The van der Waals surface area contributed by atoms with Crippen molar-refractivity contribution >= 4 is 29.5 Å². The molecule has 8 heteroatoms. The second kappa shape index (κ2) is 9.53. The predicted molar refractivity (Wildman–Crippen MR) is 131 cm³/mol. The SMILES string of the molecule is CCOC(=O)[C@@H]1[C@H]2C(=O)N([C@@H](CO)[C@@H](C)CC)C(C(=O)NCc3ccccc3)C23CC[C@@]1(C)S3. The summed E-state index contributed by atoms with van der Waals surface area (Å²) in [7, 11) is 0. The number of likely N-dealkylation sites (tertiary alicyclic amines) is 1. The molecule has 0 saturated carbocycles. The first-order valence-corrected chi connectivity index (χ1v) is 13.2. The van der Waals surface area contributed by atoms with Crippen LogP contribution in [0, 0.1) is 17.8 Å². The average Bonchev–Trinajstić information content (AvgIpc) is 3.40. The van der Waals surface area contributed by atoms with Gasteiger partial charge in [0.2, 0.25) is 11.8 Å². The number of benzene rings is 1. The summed E-state index contributed by atoms with van der Waals surface area (Å²) in [5.41, 5.74) is 0.973. The van der Waals surface area contributed by atoms with Crippen LogP contribution in [0.4, 0.5) is 0 Å². The minimum Gasteiger partial charge on any atom is -0.466 e. The number of hydrogen-bond acceptors (Lipinski definition) is 6. The van der Waals surface area contributed by atoms with Crippen molar-refractivity contribution in [1.82, 2.24) is 10.2 Å². The summed E-state index contributed by atoms with van der Waals surface area (Å²) in [6, 6.07) is 8.43. The molecule has 2 amide bonds. The number of hydrogen-bond donors (Lipinski definition) is 2. The first-order chi connectivity index (χ1) is 16.2. The Morgan fingerprint density at radius 2 is 1.97 bits per heavy atom. The number of fused-ring (bicyclic) bond motifs is 1. The average molecular weight is 489 g/mol. The van der Waals surface area contributed by atoms with E-state index in [0.29, 0.717) is 13.0 Å². The Balaban J connectivity index is 1.73. The molecule has 7 nitrogen and oxygen atoms in total. The highest BCUT2D eigenvalue weighted by molar-refractivity contribution is 8.02. The number of aliphatic hydroxyl groups excluding tert-OH is 1. The van der Waals surface area contributed by atoms with Gasteiger partial charge in [0.25, 0.3) is 0 Å². The summed E-state index contributed by atoms with van der Waals surface area (Å²) in [4.78, 5) is 42.6. The van der Waals surface area contributed by atoms with Crippen molar-refractivity contribution in [1.29, 1.82) is 0 Å². The monoisotopic (exact) mass is 488 g/mol. The number of esters is 1. The van der Waals surface area contributed by atoms with Crippen LogP contribution in [0.5, 0.6) is 0 Å². The van der Waals surface area contributed by atoms with E-state index in [1.165, 1.54) is 0 Å². The largest absolute Gasteiger partial charge is 0.466 e. The number of carbonyl (C=O) groups is 3. The van der Waals surface area contributed by atoms with Gasteiger partial charge in [-0.3, -0.25) is 14.4 Å². The molecule has 2 unspecified atom stereocenters. The summed E-state index contributed by atoms with van der Waals surface area (Å²) in [5, 5.41) is 13.4. The fraction of sp³-hybridized carbons (Fsp3) is 0.654. The van der Waals surface area contributed by atoms with E-state index in [2.05, 4.69) is 5.32 Å². The van der Waals surface area contributed by atoms with Gasteiger partial charge in [0.15, 0.2) is 0 Å². The molecule has 3 heterocycles. The number of carbonyl (C=O) groups excluding carboxylic acids is 3. The van der Waals surface area contributed by atoms with Crippen LogP contribution >= 0.6 is 11.8 Å². The van der Waals surface area contributed by atoms with E-state index in [9.17, 15) is 19.5 Å². The Morgan fingerprint density at radius 1 is 1.26 bits per heavy atom. The summed E-state index contributed by atoms with van der Waals surface area (Å²) < 4.78 is 4.27. The number of ether oxygens (including phenoxy) is 1. The third-order valence-corrected chi connectivity index (χ3v) is 10.1. The van der Waals surface area contributed by atoms with E-state index in [-0.39, 0.29) is 36.9 Å². The van der Waals surface area contributed by atoms with Gasteiger partial charge in [-0.2, -0.15) is 0 Å². The number of aliphatic hydroxyl groups is 1. The van der Waals surface area contributed by atoms with Crippen molar-refractivity contribution in [2.75, 3.05) is 13.2 Å². The smallest absolute Gasteiger partial charge is 0.311 e. The minimum atomic E-state index is -0.744. The maximum Gasteiger partial charge on any atom is 0.311 e. The van der Waals surface area contributed by atoms with Crippen molar-refractivity contribution in [2.45, 2.75) is 75.1 Å². The third-order valence-electron chi connectivity index (χ3n) is 8.16. The zero-order valence-electron chi connectivity index (χ0n) is 20.5. The lowest BCUT2D eigenvalue weighted by Crippen LogP contribution is -2.57. The van der Waals surface area contributed by atoms with Crippen LogP contribution in [0.3, 0.4) is 0 Å². The van der Waals surface area contributed by atoms with Crippen LogP contribution in [0.2, 0.25) is 0 Å². The van der Waals surface area contributed by atoms with E-state index in [1.807, 2.05) is 51.1 Å². The molecule has 4 rings (SSSR count). The van der Waals surface area contributed by atoms with Crippen LogP contribution in [0.15, 0.2) is 30.3 Å². The van der Waals surface area contributed by atoms with Crippen molar-refractivity contribution in [2.24, 2.45) is 17.8 Å². The normalized spacial score (nSPS) is 33.5. The third kappa shape index (κ3) is 3.83. The van der Waals surface area contributed by atoms with E-state index in [4.69, 9.17) is 4.74 Å². The highest BCUT2D eigenvalue weighted by Gasteiger charge is 2.78. The molecule has 1 aromatic carbocycles. The molecule has 3 saturated heterocycles. The quantitative estimate of drug-likeness (QED) is 0.519. The lowest BCUT2D eigenvalue weighted by molar-refractivity contribution is -0.155. The van der Waals surface area contributed by atoms with Gasteiger partial charge >= 0.3 is 5.97 Å². The fourth-order valence-electron chi connectivity index (χ4n) is 6.31. The van der Waals surface area contributed by atoms with Gasteiger partial charge in [-0.1, -0.05) is 50.6 Å². The molecule has 0 aromatic heterocycles. The molecule has 3 aliphatic rings. The van der Waals surface area contributed by atoms with Gasteiger partial charge in [0.1, 0.15) is 6.04 Å². The van der Waals surface area contributed by atoms with Crippen molar-refractivity contribution < 1.29 is 24.2 Å². The standard InChI is InChI=1S/C26H36N2O5S/c1-5-16(3)18(15-29)28-21(22(30)27-14-17-10-8-7-9-11-17)26-13-12-25(4,34-26)20(19(26)23(28)31)24(32)33-6-2/h7-11,16,18-21,29H,5-6,12-15H2,1-4H3,(H,27,30)/t16-,18-,19-,20-,21?,25+,26?/m0/s1. The Labute approximate surface area is 206 Å². The van der Waals surface area contributed by atoms with Crippen LogP contribution in [-0.4, -0.2) is 62.6 Å². The Hall–Kier alpha value is -2.06. The topological polar surface area (TPSA) is 95.9 Å². The Bertz CT molecular complexity index is 942. The van der Waals surface area contributed by atoms with Crippen molar-refractivity contribution in [3.8, 4) is 0 Å². The summed E-state index contributed by atoms with van der Waals surface area (Å²) in [5.74, 6) is -1.99. The lowest BCUT2D eigenvalue weighted by atomic mass is 9.66. The molecule has 34 heavy (non-hydrogen) atoms. The van der Waals surface area contributed by atoms with Gasteiger partial charge in [0.05, 0.1) is 35.8 Å². The number of nitrogens with zero attached hydrogens (tertiary/aromatic N) is 1. The van der Waals surface area contributed by atoms with Crippen molar-refractivity contribution in [3.63, 3.8) is 0 Å². The first kappa shape index (κ1) is 25.0. The molecule has 2 N–H and O–H groups in total. The number of thioether (sulfide) groups is 1. The zero-order chi connectivity index (χ0) is 24.7. The maximum atomic E-state index is 14.1. The van der Waals surface area contributed by atoms with E-state index >= 15 is 0 Å². The van der Waals surface area contributed by atoms with Crippen LogP contribution in [0.1, 0.15) is 52.5 Å². The Morgan fingerprint density at radius 3 is 2.59 bits per heavy atom. The maximum absolute atomic E-state index is 14.1. The Kier molecular flexibility index (Phi) is 7.02. The molecule has 3 fully saturated rings. The summed E-state index contributed by atoms with van der Waals surface area (Å²) >= 11 is 1.62. The van der Waals surface area contributed by atoms with Gasteiger partial charge in [0, 0.05) is 11.3 Å². The highest BCUT2D eigenvalue weighted by Crippen LogP contribution is 2.71. The second-order valence-corrected chi connectivity index (χ2v) is 12.0. The van der Waals surface area contributed by atoms with E-state index in [1.54, 1.807) is 23.6 Å². The summed E-state index contributed by atoms with van der Waals surface area (Å²) in [6.07, 6.45) is 2.19. The van der Waals surface area contributed by atoms with Gasteiger partial charge in [-0.25, -0.2) is 0 Å². The van der Waals surface area contributed by atoms with E-state index < -0.39 is 33.4 Å². The second-order valence-electron chi connectivity index (χ2n) is 10.1. The molecule has 1 aromatic rings. The zero-order valence-corrected chi connectivity index (χ0v) is 21.3. The molecule has 186 valence electrons. The highest BCUT2D eigenvalue weighted by atomic mass is 32.2. The fourth-order valence-corrected chi connectivity index (χ4v) is 8.64. The molecular formula is C26H36N2O5S. The van der Waals surface area contributed by atoms with Crippen LogP contribution in [-0.2, 0) is 25.7 Å². The minimum absolute atomic E-state index is 0.00688. The first-order valence-electron chi connectivity index (χ1n) is 12.4. The predicted octanol–water partition coefficient (Wildman–Crippen LogP) is 2.75. The van der Waals surface area contributed by atoms with Gasteiger partial charge in [-0.05, 0) is 38.2 Å². The molecule has 3 aliphatic heterocycles. The van der Waals surface area contributed by atoms with Crippen LogP contribution < -0.4 is 5.32 Å². The molecule has 7 atom stereocenters. The molecular weight excluding hydrogens is 452 g/mol. The summed E-state index contributed by atoms with van der Waals surface area (Å²) in [6.45, 7) is 8.19. The van der Waals surface area contributed by atoms with Gasteiger partial charge < -0.3 is 20.1 Å². The number of rotatable bonds is 9. The molecule has 1 spiro atoms. The lowest BCUT2D eigenvalue weighted by Gasteiger charge is -2.39. The number of amides is 2. The van der Waals surface area contributed by atoms with Gasteiger partial charge in [-0.15, -0.1) is 11.8 Å². The molecule has 2 bridgehead atoms.